The van der Waals surface area contributed by atoms with E-state index < -0.39 is 0 Å². The number of aromatic nitrogens is 1. The zero-order valence-electron chi connectivity index (χ0n) is 13.8. The van der Waals surface area contributed by atoms with Crippen molar-refractivity contribution in [3.8, 4) is 0 Å². The van der Waals surface area contributed by atoms with Gasteiger partial charge in [0.15, 0.2) is 0 Å². The molecular weight excluding hydrogens is 252 g/mol. The highest BCUT2D eigenvalue weighted by atomic mass is 32.1. The summed E-state index contributed by atoms with van der Waals surface area (Å²) in [6, 6.07) is 0.388. The number of nitrogens with zero attached hydrogens (tertiary/aromatic N) is 1. The number of hydrogen-bond donors (Lipinski definition) is 1. The van der Waals surface area contributed by atoms with E-state index in [1.807, 2.05) is 11.3 Å². The highest BCUT2D eigenvalue weighted by Crippen LogP contribution is 2.32. The van der Waals surface area contributed by atoms with Crippen molar-refractivity contribution in [2.24, 2.45) is 5.41 Å². The maximum Gasteiger partial charge on any atom is 0.0985 e. The molecule has 110 valence electrons. The van der Waals surface area contributed by atoms with Crippen LogP contribution in [0.2, 0.25) is 0 Å². The van der Waals surface area contributed by atoms with Gasteiger partial charge < -0.3 is 5.32 Å². The predicted molar refractivity (Wildman–Crippen MR) is 86.0 cm³/mol. The summed E-state index contributed by atoms with van der Waals surface area (Å²) in [5, 5.41) is 4.91. The summed E-state index contributed by atoms with van der Waals surface area (Å²) >= 11 is 1.86. The molecule has 2 nitrogen and oxygen atoms in total. The first-order valence-electron chi connectivity index (χ1n) is 7.28. The Morgan fingerprint density at radius 3 is 2.21 bits per heavy atom. The van der Waals surface area contributed by atoms with Crippen molar-refractivity contribution >= 4 is 11.3 Å². The molecule has 3 heteroatoms. The molecule has 0 spiro atoms. The van der Waals surface area contributed by atoms with E-state index in [-0.39, 0.29) is 5.41 Å². The Morgan fingerprint density at radius 1 is 1.21 bits per heavy atom. The molecule has 0 radical (unpaired) electrons. The molecule has 1 rings (SSSR count). The van der Waals surface area contributed by atoms with Crippen molar-refractivity contribution < 1.29 is 0 Å². The Morgan fingerprint density at radius 2 is 1.79 bits per heavy atom. The minimum absolute atomic E-state index is 0.149. The molecule has 0 aliphatic carbocycles. The van der Waals surface area contributed by atoms with E-state index in [9.17, 15) is 0 Å². The van der Waals surface area contributed by atoms with Gasteiger partial charge in [-0.2, -0.15) is 0 Å². The van der Waals surface area contributed by atoms with Gasteiger partial charge in [0.05, 0.1) is 10.7 Å². The predicted octanol–water partition coefficient (Wildman–Crippen LogP) is 4.84. The highest BCUT2D eigenvalue weighted by Gasteiger charge is 2.23. The van der Waals surface area contributed by atoms with Gasteiger partial charge in [0.1, 0.15) is 0 Å². The van der Waals surface area contributed by atoms with Crippen LogP contribution in [0.3, 0.4) is 0 Å². The van der Waals surface area contributed by atoms with Crippen LogP contribution < -0.4 is 5.32 Å². The molecule has 0 saturated heterocycles. The van der Waals surface area contributed by atoms with Gasteiger partial charge in [0.25, 0.3) is 0 Å². The average molecular weight is 282 g/mol. The standard InChI is InChI=1S/C16H30N2S/c1-9-16(7,8)10-17-11(2)13-12(3)18-14(19-13)15(4,5)6/h11,17H,9-10H2,1-8H3. The molecule has 1 aromatic rings. The molecule has 1 heterocycles. The minimum Gasteiger partial charge on any atom is -0.309 e. The molecule has 0 bridgehead atoms. The van der Waals surface area contributed by atoms with E-state index >= 15 is 0 Å². The normalized spacial score (nSPS) is 14.7. The van der Waals surface area contributed by atoms with Crippen molar-refractivity contribution in [3.63, 3.8) is 0 Å². The lowest BCUT2D eigenvalue weighted by atomic mass is 9.90. The Kier molecular flexibility index (Phi) is 5.19. The summed E-state index contributed by atoms with van der Waals surface area (Å²) < 4.78 is 0. The minimum atomic E-state index is 0.149. The summed E-state index contributed by atoms with van der Waals surface area (Å²) in [5.41, 5.74) is 1.69. The second kappa shape index (κ2) is 5.92. The summed E-state index contributed by atoms with van der Waals surface area (Å²) in [5.74, 6) is 0. The first-order valence-corrected chi connectivity index (χ1v) is 8.09. The van der Waals surface area contributed by atoms with Gasteiger partial charge in [-0.05, 0) is 25.7 Å². The van der Waals surface area contributed by atoms with Crippen LogP contribution in [0.1, 0.15) is 76.5 Å². The molecular formula is C16H30N2S. The second-order valence-corrected chi connectivity index (χ2v) is 8.37. The van der Waals surface area contributed by atoms with Crippen LogP contribution in [0.4, 0.5) is 0 Å². The van der Waals surface area contributed by atoms with Crippen LogP contribution >= 0.6 is 11.3 Å². The summed E-state index contributed by atoms with van der Waals surface area (Å²) in [7, 11) is 0. The number of thiazole rings is 1. The lowest BCUT2D eigenvalue weighted by Gasteiger charge is -2.25. The highest BCUT2D eigenvalue weighted by molar-refractivity contribution is 7.12. The molecule has 0 aliphatic heterocycles. The maximum atomic E-state index is 4.75. The summed E-state index contributed by atoms with van der Waals surface area (Å²) in [6.07, 6.45) is 1.20. The van der Waals surface area contributed by atoms with Crippen molar-refractivity contribution in [1.82, 2.24) is 10.3 Å². The number of nitrogens with one attached hydrogen (secondary N) is 1. The number of rotatable bonds is 5. The van der Waals surface area contributed by atoms with Gasteiger partial charge in [-0.1, -0.05) is 41.5 Å². The van der Waals surface area contributed by atoms with E-state index in [1.165, 1.54) is 22.0 Å². The number of hydrogen-bond acceptors (Lipinski definition) is 3. The first-order chi connectivity index (χ1) is 8.57. The molecule has 0 aliphatic rings. The Labute approximate surface area is 123 Å². The largest absolute Gasteiger partial charge is 0.309 e. The Balaban J connectivity index is 2.78. The smallest absolute Gasteiger partial charge is 0.0985 e. The van der Waals surface area contributed by atoms with Crippen LogP contribution in [0, 0.1) is 12.3 Å². The van der Waals surface area contributed by atoms with Gasteiger partial charge in [-0.25, -0.2) is 4.98 Å². The fraction of sp³-hybridized carbons (Fsp3) is 0.812. The quantitative estimate of drug-likeness (QED) is 0.836. The van der Waals surface area contributed by atoms with Gasteiger partial charge in [0.2, 0.25) is 0 Å². The van der Waals surface area contributed by atoms with E-state index in [0.29, 0.717) is 11.5 Å². The third-order valence-electron chi connectivity index (χ3n) is 3.71. The van der Waals surface area contributed by atoms with Crippen LogP contribution in [-0.4, -0.2) is 11.5 Å². The molecule has 1 unspecified atom stereocenters. The fourth-order valence-electron chi connectivity index (χ4n) is 1.78. The van der Waals surface area contributed by atoms with Gasteiger partial charge in [-0.15, -0.1) is 11.3 Å². The Hall–Kier alpha value is -0.410. The third-order valence-corrected chi connectivity index (χ3v) is 5.48. The molecule has 0 fully saturated rings. The van der Waals surface area contributed by atoms with Crippen molar-refractivity contribution in [1.29, 1.82) is 0 Å². The van der Waals surface area contributed by atoms with Crippen LogP contribution in [-0.2, 0) is 5.41 Å². The molecule has 0 amide bonds. The van der Waals surface area contributed by atoms with E-state index in [2.05, 4.69) is 60.7 Å². The summed E-state index contributed by atoms with van der Waals surface area (Å²) in [6.45, 7) is 19.0. The second-order valence-electron chi connectivity index (χ2n) is 7.34. The first kappa shape index (κ1) is 16.6. The zero-order valence-corrected chi connectivity index (χ0v) is 14.7. The van der Waals surface area contributed by atoms with E-state index in [4.69, 9.17) is 4.98 Å². The molecule has 0 aromatic carbocycles. The van der Waals surface area contributed by atoms with Crippen molar-refractivity contribution in [3.05, 3.63) is 15.6 Å². The monoisotopic (exact) mass is 282 g/mol. The zero-order chi connectivity index (χ0) is 14.8. The maximum absolute atomic E-state index is 4.75. The molecule has 19 heavy (non-hydrogen) atoms. The SMILES string of the molecule is CCC(C)(C)CNC(C)c1sc(C(C)(C)C)nc1C. The van der Waals surface area contributed by atoms with Crippen LogP contribution in [0.25, 0.3) is 0 Å². The number of aryl methyl sites for hydroxylation is 1. The van der Waals surface area contributed by atoms with Crippen molar-refractivity contribution in [2.45, 2.75) is 73.3 Å². The Bertz CT molecular complexity index is 413. The van der Waals surface area contributed by atoms with Gasteiger partial charge in [0, 0.05) is 22.9 Å². The molecule has 1 atom stereocenters. The topological polar surface area (TPSA) is 24.9 Å². The van der Waals surface area contributed by atoms with Crippen molar-refractivity contribution in [2.75, 3.05) is 6.54 Å². The summed E-state index contributed by atoms with van der Waals surface area (Å²) in [4.78, 5) is 6.13. The lowest BCUT2D eigenvalue weighted by Crippen LogP contribution is -2.30. The fourth-order valence-corrected chi connectivity index (χ4v) is 2.93. The van der Waals surface area contributed by atoms with Crippen LogP contribution in [0.5, 0.6) is 0 Å². The molecule has 0 saturated carbocycles. The third kappa shape index (κ3) is 4.57. The van der Waals surface area contributed by atoms with E-state index in [0.717, 1.165) is 6.54 Å². The van der Waals surface area contributed by atoms with E-state index in [1.54, 1.807) is 0 Å². The van der Waals surface area contributed by atoms with Gasteiger partial charge >= 0.3 is 0 Å². The average Bonchev–Trinajstić information content (AvgIpc) is 2.68. The molecule has 1 aromatic heterocycles. The van der Waals surface area contributed by atoms with Crippen LogP contribution in [0.15, 0.2) is 0 Å². The van der Waals surface area contributed by atoms with Gasteiger partial charge in [-0.3, -0.25) is 0 Å². The molecule has 1 N–H and O–H groups in total. The lowest BCUT2D eigenvalue weighted by molar-refractivity contribution is 0.314.